The van der Waals surface area contributed by atoms with Crippen molar-refractivity contribution in [1.29, 1.82) is 0 Å². The molecule has 0 N–H and O–H groups in total. The maximum Gasteiger partial charge on any atom is 0.205 e. The summed E-state index contributed by atoms with van der Waals surface area (Å²) in [5.41, 5.74) is 7.63. The fraction of sp³-hybridized carbons (Fsp3) is 0.0816. The Morgan fingerprint density at radius 1 is 0.586 bits per heavy atom. The third-order valence-corrected chi connectivity index (χ3v) is 10.2. The summed E-state index contributed by atoms with van der Waals surface area (Å²) in [6, 6.07) is 57.9. The first-order valence-corrected chi connectivity index (χ1v) is 18.9. The molecule has 0 amide bonds. The SMILES string of the molecule is CC(C)(C)c1ccnc(-n2c3[c-]c(Oc4[c-]c(N5[CH-]N(c6nc(-c7ccccc7)nc(-c7ccccc7)n6)c6ccccc65)ccc4)ccc3c3ccccc32)c1.[Pt]. The van der Waals surface area contributed by atoms with Crippen LogP contribution in [0.1, 0.15) is 26.3 Å². The summed E-state index contributed by atoms with van der Waals surface area (Å²) in [4.78, 5) is 23.8. The average Bonchev–Trinajstić information content (AvgIpc) is 3.80. The molecule has 0 fully saturated rings. The molecule has 58 heavy (non-hydrogen) atoms. The van der Waals surface area contributed by atoms with E-state index in [4.69, 9.17) is 24.7 Å². The molecule has 1 aliphatic heterocycles. The summed E-state index contributed by atoms with van der Waals surface area (Å²) in [6.45, 7) is 8.64. The Kier molecular flexibility index (Phi) is 9.58. The molecule has 1 aliphatic rings. The second-order valence-corrected chi connectivity index (χ2v) is 15.0. The van der Waals surface area contributed by atoms with E-state index < -0.39 is 0 Å². The standard InChI is InChI=1S/C49H36N7O.Pt/c1-49(2,3)35-27-28-50-45(29-35)56-41-22-11-10-21-39(41)40-26-25-38(31-44(40)56)57-37-20-14-19-36(30-37)54-32-55(43-24-13-12-23-42(43)54)48-52-46(33-15-6-4-7-16-33)51-47(53-48)34-17-8-5-9-18-34;/h4-29,32H,1-3H3;/q-3;. The number of nitrogens with zero attached hydrogens (tertiary/aromatic N) is 7. The van der Waals surface area contributed by atoms with Crippen molar-refractivity contribution in [1.82, 2.24) is 24.5 Å². The van der Waals surface area contributed by atoms with Crippen molar-refractivity contribution in [2.75, 3.05) is 9.80 Å². The first kappa shape index (κ1) is 37.0. The zero-order valence-corrected chi connectivity index (χ0v) is 34.2. The van der Waals surface area contributed by atoms with E-state index in [1.807, 2.05) is 115 Å². The smallest absolute Gasteiger partial charge is 0.205 e. The molecule has 4 heterocycles. The number of fused-ring (bicyclic) bond motifs is 4. The first-order valence-electron chi connectivity index (χ1n) is 18.9. The van der Waals surface area contributed by atoms with Gasteiger partial charge in [-0.2, -0.15) is 22.1 Å². The monoisotopic (exact) mass is 933 g/mol. The van der Waals surface area contributed by atoms with Crippen LogP contribution in [0.3, 0.4) is 0 Å². The zero-order valence-electron chi connectivity index (χ0n) is 31.9. The minimum atomic E-state index is -0.0267. The number of hydrogen-bond donors (Lipinski definition) is 0. The van der Waals surface area contributed by atoms with Gasteiger partial charge in [0, 0.05) is 66.8 Å². The van der Waals surface area contributed by atoms with Gasteiger partial charge in [0.2, 0.25) is 5.95 Å². The van der Waals surface area contributed by atoms with Crippen LogP contribution in [-0.4, -0.2) is 24.5 Å². The fourth-order valence-electron chi connectivity index (χ4n) is 7.30. The molecule has 10 rings (SSSR count). The number of anilines is 4. The van der Waals surface area contributed by atoms with Crippen LogP contribution in [0.4, 0.5) is 23.0 Å². The number of aromatic nitrogens is 5. The van der Waals surface area contributed by atoms with Crippen molar-refractivity contribution in [2.24, 2.45) is 0 Å². The van der Waals surface area contributed by atoms with Crippen LogP contribution in [0.5, 0.6) is 11.5 Å². The van der Waals surface area contributed by atoms with E-state index in [0.717, 1.165) is 55.8 Å². The molecule has 3 aromatic heterocycles. The van der Waals surface area contributed by atoms with Gasteiger partial charge in [0.05, 0.1) is 0 Å². The summed E-state index contributed by atoms with van der Waals surface area (Å²) in [6.07, 6.45) is 1.89. The third-order valence-electron chi connectivity index (χ3n) is 10.2. The van der Waals surface area contributed by atoms with E-state index in [9.17, 15) is 0 Å². The van der Waals surface area contributed by atoms with Gasteiger partial charge in [0.15, 0.2) is 11.6 Å². The summed E-state index contributed by atoms with van der Waals surface area (Å²) in [5, 5.41) is 2.20. The summed E-state index contributed by atoms with van der Waals surface area (Å²) < 4.78 is 8.72. The second-order valence-electron chi connectivity index (χ2n) is 15.0. The third kappa shape index (κ3) is 6.80. The Balaban J connectivity index is 0.00000436. The molecular formula is C49H36N7OPt-3. The Morgan fingerprint density at radius 2 is 1.22 bits per heavy atom. The number of para-hydroxylation sites is 3. The molecular weight excluding hydrogens is 898 g/mol. The van der Waals surface area contributed by atoms with Gasteiger partial charge in [-0.05, 0) is 46.7 Å². The van der Waals surface area contributed by atoms with E-state index in [0.29, 0.717) is 29.1 Å². The van der Waals surface area contributed by atoms with Crippen LogP contribution in [0, 0.1) is 18.8 Å². The van der Waals surface area contributed by atoms with Crippen molar-refractivity contribution >= 4 is 44.8 Å². The topological polar surface area (TPSA) is 72.2 Å². The van der Waals surface area contributed by atoms with E-state index in [2.05, 4.69) is 97.0 Å². The maximum absolute atomic E-state index is 6.55. The van der Waals surface area contributed by atoms with Crippen molar-refractivity contribution < 1.29 is 25.8 Å². The van der Waals surface area contributed by atoms with Gasteiger partial charge < -0.3 is 19.1 Å². The van der Waals surface area contributed by atoms with Gasteiger partial charge >= 0.3 is 0 Å². The van der Waals surface area contributed by atoms with Crippen molar-refractivity contribution in [2.45, 2.75) is 26.2 Å². The molecule has 0 aliphatic carbocycles. The molecule has 0 spiro atoms. The molecule has 8 nitrogen and oxygen atoms in total. The summed E-state index contributed by atoms with van der Waals surface area (Å²) >= 11 is 0. The van der Waals surface area contributed by atoms with Gasteiger partial charge in [-0.1, -0.05) is 117 Å². The Hall–Kier alpha value is -6.63. The minimum Gasteiger partial charge on any atom is -0.509 e. The maximum atomic E-state index is 6.55. The van der Waals surface area contributed by atoms with Gasteiger partial charge in [-0.15, -0.1) is 48.1 Å². The largest absolute Gasteiger partial charge is 0.509 e. The number of ether oxygens (including phenoxy) is 1. The quantitative estimate of drug-likeness (QED) is 0.147. The van der Waals surface area contributed by atoms with Crippen LogP contribution < -0.4 is 14.5 Å². The van der Waals surface area contributed by atoms with E-state index >= 15 is 0 Å². The molecule has 9 aromatic rings. The number of hydrogen-bond acceptors (Lipinski definition) is 7. The van der Waals surface area contributed by atoms with Crippen molar-refractivity contribution in [3.63, 3.8) is 0 Å². The van der Waals surface area contributed by atoms with Crippen LogP contribution in [0.2, 0.25) is 0 Å². The molecule has 0 radical (unpaired) electrons. The van der Waals surface area contributed by atoms with Crippen molar-refractivity contribution in [3.8, 4) is 40.1 Å². The van der Waals surface area contributed by atoms with Crippen LogP contribution >= 0.6 is 0 Å². The number of benzene rings is 6. The van der Waals surface area contributed by atoms with Crippen LogP contribution in [0.25, 0.3) is 50.4 Å². The minimum absolute atomic E-state index is 0. The van der Waals surface area contributed by atoms with Crippen LogP contribution in [-0.2, 0) is 26.5 Å². The molecule has 0 atom stereocenters. The van der Waals surface area contributed by atoms with Gasteiger partial charge in [-0.3, -0.25) is 0 Å². The molecule has 0 saturated heterocycles. The van der Waals surface area contributed by atoms with Crippen LogP contribution in [0.15, 0.2) is 158 Å². The van der Waals surface area contributed by atoms with Crippen molar-refractivity contribution in [3.05, 3.63) is 182 Å². The molecule has 6 aromatic carbocycles. The molecule has 0 saturated carbocycles. The molecule has 0 bridgehead atoms. The molecule has 9 heteroatoms. The number of pyridine rings is 1. The summed E-state index contributed by atoms with van der Waals surface area (Å²) in [5.74, 6) is 3.66. The van der Waals surface area contributed by atoms with Gasteiger partial charge in [-0.25, -0.2) is 9.97 Å². The van der Waals surface area contributed by atoms with Gasteiger partial charge in [0.25, 0.3) is 0 Å². The van der Waals surface area contributed by atoms with E-state index in [1.54, 1.807) is 0 Å². The summed E-state index contributed by atoms with van der Waals surface area (Å²) in [7, 11) is 0. The predicted molar refractivity (Wildman–Crippen MR) is 227 cm³/mol. The normalized spacial score (nSPS) is 12.5. The Morgan fingerprint density at radius 3 is 1.93 bits per heavy atom. The van der Waals surface area contributed by atoms with E-state index in [-0.39, 0.29) is 26.5 Å². The van der Waals surface area contributed by atoms with Gasteiger partial charge in [0.1, 0.15) is 5.82 Å². The number of rotatable bonds is 7. The second kappa shape index (κ2) is 15.0. The van der Waals surface area contributed by atoms with E-state index in [1.165, 1.54) is 5.56 Å². The zero-order chi connectivity index (χ0) is 38.5. The molecule has 0 unspecified atom stereocenters. The fourth-order valence-corrected chi connectivity index (χ4v) is 7.30. The average molecular weight is 934 g/mol. The predicted octanol–water partition coefficient (Wildman–Crippen LogP) is 11.8. The molecule has 286 valence electrons. The Bertz CT molecular complexity index is 2870. The Labute approximate surface area is 351 Å². The first-order chi connectivity index (χ1) is 27.9.